The van der Waals surface area contributed by atoms with Gasteiger partial charge in [-0.05, 0) is 31.2 Å². The summed E-state index contributed by atoms with van der Waals surface area (Å²) in [6, 6.07) is 11.0. The maximum absolute atomic E-state index is 12.8. The van der Waals surface area contributed by atoms with Crippen LogP contribution in [0.5, 0.6) is 0 Å². The van der Waals surface area contributed by atoms with Gasteiger partial charge in [-0.25, -0.2) is 0 Å². The average Bonchev–Trinajstić information content (AvgIpc) is 2.60. The molecule has 2 aromatic rings. The summed E-state index contributed by atoms with van der Waals surface area (Å²) in [7, 11) is 0. The maximum Gasteiger partial charge on any atom is 0.194 e. The number of hydrogen-bond acceptors (Lipinski definition) is 4. The number of fused-ring (bicyclic) bond motifs is 2. The van der Waals surface area contributed by atoms with Crippen molar-refractivity contribution in [1.82, 2.24) is 0 Å². The molecule has 1 aliphatic heterocycles. The van der Waals surface area contributed by atoms with Crippen LogP contribution in [0, 0.1) is 6.92 Å². The van der Waals surface area contributed by atoms with E-state index in [1.54, 1.807) is 18.2 Å². The molecule has 2 aliphatic rings. The molecule has 4 rings (SSSR count). The first-order chi connectivity index (χ1) is 11.1. The van der Waals surface area contributed by atoms with Gasteiger partial charge in [-0.2, -0.15) is 0 Å². The van der Waals surface area contributed by atoms with E-state index in [1.165, 1.54) is 0 Å². The molecule has 0 bridgehead atoms. The van der Waals surface area contributed by atoms with Crippen molar-refractivity contribution in [3.05, 3.63) is 64.2 Å². The summed E-state index contributed by atoms with van der Waals surface area (Å²) in [5, 5.41) is 0. The molecule has 0 atom stereocenters. The van der Waals surface area contributed by atoms with Gasteiger partial charge in [0.2, 0.25) is 0 Å². The number of nitrogens with zero attached hydrogens (tertiary/aromatic N) is 1. The largest absolute Gasteiger partial charge is 0.378 e. The van der Waals surface area contributed by atoms with E-state index in [1.807, 2.05) is 25.1 Å². The molecule has 1 aliphatic carbocycles. The van der Waals surface area contributed by atoms with Crippen molar-refractivity contribution >= 4 is 17.3 Å². The van der Waals surface area contributed by atoms with Crippen LogP contribution in [0.3, 0.4) is 0 Å². The first-order valence-electron chi connectivity index (χ1n) is 7.82. The summed E-state index contributed by atoms with van der Waals surface area (Å²) in [6.07, 6.45) is 0. The Hall–Kier alpha value is -2.46. The minimum Gasteiger partial charge on any atom is -0.378 e. The van der Waals surface area contributed by atoms with Crippen LogP contribution in [0.1, 0.15) is 37.4 Å². The number of ether oxygens (including phenoxy) is 1. The molecule has 0 aromatic heterocycles. The molecular weight excluding hydrogens is 290 g/mol. The zero-order chi connectivity index (χ0) is 16.0. The standard InChI is InChI=1S/C19H17NO3/c1-12-2-4-14-16(10-12)18(21)15-5-3-13(11-17(15)19(14)22)20-6-8-23-9-7-20/h2-5,10-11H,6-9H2,1H3. The van der Waals surface area contributed by atoms with Crippen molar-refractivity contribution in [2.24, 2.45) is 0 Å². The number of carbonyl (C=O) groups is 2. The second-order valence-electron chi connectivity index (χ2n) is 6.04. The van der Waals surface area contributed by atoms with Crippen molar-refractivity contribution in [1.29, 1.82) is 0 Å². The van der Waals surface area contributed by atoms with E-state index < -0.39 is 0 Å². The summed E-state index contributed by atoms with van der Waals surface area (Å²) >= 11 is 0. The maximum atomic E-state index is 12.8. The molecule has 116 valence electrons. The van der Waals surface area contributed by atoms with Crippen LogP contribution < -0.4 is 4.90 Å². The van der Waals surface area contributed by atoms with Crippen LogP contribution in [0.25, 0.3) is 0 Å². The summed E-state index contributed by atoms with van der Waals surface area (Å²) in [6.45, 7) is 4.90. The summed E-state index contributed by atoms with van der Waals surface area (Å²) in [4.78, 5) is 27.7. The molecule has 1 fully saturated rings. The van der Waals surface area contributed by atoms with Crippen LogP contribution in [-0.4, -0.2) is 37.9 Å². The van der Waals surface area contributed by atoms with Crippen LogP contribution in [0.15, 0.2) is 36.4 Å². The highest BCUT2D eigenvalue weighted by Crippen LogP contribution is 2.31. The molecule has 0 saturated carbocycles. The van der Waals surface area contributed by atoms with Gasteiger partial charge in [-0.3, -0.25) is 9.59 Å². The SMILES string of the molecule is Cc1ccc2c(c1)C(=O)c1ccc(N3CCOCC3)cc1C2=O. The van der Waals surface area contributed by atoms with E-state index in [9.17, 15) is 9.59 Å². The van der Waals surface area contributed by atoms with Crippen LogP contribution in [-0.2, 0) is 4.74 Å². The number of hydrogen-bond donors (Lipinski definition) is 0. The van der Waals surface area contributed by atoms with E-state index in [4.69, 9.17) is 4.74 Å². The second kappa shape index (κ2) is 5.32. The molecule has 4 heteroatoms. The van der Waals surface area contributed by atoms with Crippen LogP contribution in [0.2, 0.25) is 0 Å². The van der Waals surface area contributed by atoms with E-state index >= 15 is 0 Å². The second-order valence-corrected chi connectivity index (χ2v) is 6.04. The molecule has 23 heavy (non-hydrogen) atoms. The minimum atomic E-state index is -0.0651. The summed E-state index contributed by atoms with van der Waals surface area (Å²) < 4.78 is 5.37. The number of benzene rings is 2. The molecule has 0 N–H and O–H groups in total. The van der Waals surface area contributed by atoms with Gasteiger partial charge in [0.25, 0.3) is 0 Å². The fraction of sp³-hybridized carbons (Fsp3) is 0.263. The molecular formula is C19H17NO3. The van der Waals surface area contributed by atoms with Gasteiger partial charge in [0.15, 0.2) is 11.6 Å². The van der Waals surface area contributed by atoms with Gasteiger partial charge in [0, 0.05) is 41.0 Å². The van der Waals surface area contributed by atoms with Crippen LogP contribution >= 0.6 is 0 Å². The monoisotopic (exact) mass is 307 g/mol. The molecule has 1 saturated heterocycles. The Morgan fingerprint density at radius 3 is 2.13 bits per heavy atom. The molecule has 0 unspecified atom stereocenters. The van der Waals surface area contributed by atoms with Gasteiger partial charge in [-0.1, -0.05) is 17.7 Å². The lowest BCUT2D eigenvalue weighted by molar-refractivity contribution is 0.0979. The molecule has 0 amide bonds. The van der Waals surface area contributed by atoms with Crippen molar-refractivity contribution in [3.63, 3.8) is 0 Å². The molecule has 2 aromatic carbocycles. The number of aryl methyl sites for hydroxylation is 1. The van der Waals surface area contributed by atoms with Crippen molar-refractivity contribution in [2.45, 2.75) is 6.92 Å². The van der Waals surface area contributed by atoms with E-state index in [0.717, 1.165) is 24.3 Å². The quantitative estimate of drug-likeness (QED) is 0.693. The van der Waals surface area contributed by atoms with E-state index in [0.29, 0.717) is 35.5 Å². The highest BCUT2D eigenvalue weighted by Gasteiger charge is 2.30. The van der Waals surface area contributed by atoms with Gasteiger partial charge < -0.3 is 9.64 Å². The van der Waals surface area contributed by atoms with Gasteiger partial charge in [0.05, 0.1) is 13.2 Å². The predicted octanol–water partition coefficient (Wildman–Crippen LogP) is 2.61. The van der Waals surface area contributed by atoms with Crippen molar-refractivity contribution in [2.75, 3.05) is 31.2 Å². The third kappa shape index (κ3) is 2.26. The minimum absolute atomic E-state index is 0.0631. The van der Waals surface area contributed by atoms with Gasteiger partial charge >= 0.3 is 0 Å². The Labute approximate surface area is 134 Å². The Morgan fingerprint density at radius 1 is 0.826 bits per heavy atom. The van der Waals surface area contributed by atoms with Crippen molar-refractivity contribution in [3.8, 4) is 0 Å². The average molecular weight is 307 g/mol. The number of anilines is 1. The normalized spacial score (nSPS) is 17.0. The highest BCUT2D eigenvalue weighted by atomic mass is 16.5. The van der Waals surface area contributed by atoms with E-state index in [2.05, 4.69) is 4.90 Å². The zero-order valence-corrected chi connectivity index (χ0v) is 13.0. The van der Waals surface area contributed by atoms with Crippen LogP contribution in [0.4, 0.5) is 5.69 Å². The number of ketones is 2. The number of carbonyl (C=O) groups excluding carboxylic acids is 2. The molecule has 0 radical (unpaired) electrons. The Morgan fingerprint density at radius 2 is 1.43 bits per heavy atom. The molecule has 4 nitrogen and oxygen atoms in total. The summed E-state index contributed by atoms with van der Waals surface area (Å²) in [5.74, 6) is -0.128. The Kier molecular flexibility index (Phi) is 3.27. The smallest absolute Gasteiger partial charge is 0.194 e. The Bertz CT molecular complexity index is 819. The van der Waals surface area contributed by atoms with Gasteiger partial charge in [-0.15, -0.1) is 0 Å². The lowest BCUT2D eigenvalue weighted by atomic mass is 9.83. The fourth-order valence-electron chi connectivity index (χ4n) is 3.27. The third-order valence-corrected chi connectivity index (χ3v) is 4.53. The zero-order valence-electron chi connectivity index (χ0n) is 13.0. The highest BCUT2D eigenvalue weighted by molar-refractivity contribution is 6.28. The van der Waals surface area contributed by atoms with E-state index in [-0.39, 0.29) is 11.6 Å². The first kappa shape index (κ1) is 14.2. The number of rotatable bonds is 1. The predicted molar refractivity (Wildman–Crippen MR) is 87.5 cm³/mol. The Balaban J connectivity index is 1.80. The van der Waals surface area contributed by atoms with Crippen molar-refractivity contribution < 1.29 is 14.3 Å². The molecule has 1 heterocycles. The van der Waals surface area contributed by atoms with Gasteiger partial charge in [0.1, 0.15) is 0 Å². The third-order valence-electron chi connectivity index (χ3n) is 4.53. The topological polar surface area (TPSA) is 46.6 Å². The lowest BCUT2D eigenvalue weighted by Crippen LogP contribution is -2.36. The first-order valence-corrected chi connectivity index (χ1v) is 7.82. The number of morpholine rings is 1. The molecule has 0 spiro atoms. The summed E-state index contributed by atoms with van der Waals surface area (Å²) in [5.41, 5.74) is 4.00. The lowest BCUT2D eigenvalue weighted by Gasteiger charge is -2.30. The fourth-order valence-corrected chi connectivity index (χ4v) is 3.27.